The van der Waals surface area contributed by atoms with Crippen molar-refractivity contribution in [2.75, 3.05) is 5.75 Å². The predicted octanol–water partition coefficient (Wildman–Crippen LogP) is 1.85. The summed E-state index contributed by atoms with van der Waals surface area (Å²) in [5, 5.41) is 8.21. The summed E-state index contributed by atoms with van der Waals surface area (Å²) < 4.78 is 0. The highest BCUT2D eigenvalue weighted by Gasteiger charge is 2.10. The molecule has 10 heavy (non-hydrogen) atoms. The SMILES string of the molecule is CC(C)CSC(C)C(=O)O. The van der Waals surface area contributed by atoms with Crippen LogP contribution in [-0.2, 0) is 4.79 Å². The summed E-state index contributed by atoms with van der Waals surface area (Å²) in [6, 6.07) is 0. The van der Waals surface area contributed by atoms with Gasteiger partial charge in [0.15, 0.2) is 0 Å². The van der Waals surface area contributed by atoms with E-state index < -0.39 is 5.97 Å². The predicted molar refractivity (Wildman–Crippen MR) is 44.4 cm³/mol. The lowest BCUT2D eigenvalue weighted by Gasteiger charge is -2.07. The molecule has 0 aliphatic carbocycles. The number of aliphatic carboxylic acids is 1. The Kier molecular flexibility index (Phi) is 4.52. The minimum absolute atomic E-state index is 0.262. The molecule has 0 aliphatic heterocycles. The van der Waals surface area contributed by atoms with Crippen molar-refractivity contribution in [2.45, 2.75) is 26.0 Å². The molecule has 0 fully saturated rings. The van der Waals surface area contributed by atoms with Crippen LogP contribution in [-0.4, -0.2) is 22.1 Å². The normalized spacial score (nSPS) is 13.6. The van der Waals surface area contributed by atoms with E-state index in [1.54, 1.807) is 6.92 Å². The summed E-state index contributed by atoms with van der Waals surface area (Å²) in [7, 11) is 0. The molecule has 0 aromatic heterocycles. The van der Waals surface area contributed by atoms with Gasteiger partial charge in [-0.25, -0.2) is 0 Å². The third-order valence-corrected chi connectivity index (χ3v) is 2.59. The second-order valence-electron chi connectivity index (χ2n) is 2.71. The zero-order chi connectivity index (χ0) is 8.15. The summed E-state index contributed by atoms with van der Waals surface area (Å²) in [4.78, 5) is 10.3. The summed E-state index contributed by atoms with van der Waals surface area (Å²) in [5.41, 5.74) is 0. The lowest BCUT2D eigenvalue weighted by molar-refractivity contribution is -0.136. The maximum absolute atomic E-state index is 10.3. The van der Waals surface area contributed by atoms with Crippen molar-refractivity contribution in [3.05, 3.63) is 0 Å². The number of hydrogen-bond donors (Lipinski definition) is 1. The summed E-state index contributed by atoms with van der Waals surface area (Å²) in [6.45, 7) is 5.89. The topological polar surface area (TPSA) is 37.3 Å². The number of thioether (sulfide) groups is 1. The van der Waals surface area contributed by atoms with Gasteiger partial charge in [-0.05, 0) is 18.6 Å². The fourth-order valence-electron chi connectivity index (χ4n) is 0.408. The molecule has 0 saturated heterocycles. The van der Waals surface area contributed by atoms with E-state index >= 15 is 0 Å². The molecule has 1 atom stereocenters. The maximum Gasteiger partial charge on any atom is 0.316 e. The second-order valence-corrected chi connectivity index (χ2v) is 4.08. The molecule has 1 N–H and O–H groups in total. The Balaban J connectivity index is 3.40. The van der Waals surface area contributed by atoms with Crippen molar-refractivity contribution in [3.63, 3.8) is 0 Å². The van der Waals surface area contributed by atoms with E-state index in [1.807, 2.05) is 0 Å². The van der Waals surface area contributed by atoms with Gasteiger partial charge in [0.2, 0.25) is 0 Å². The van der Waals surface area contributed by atoms with E-state index in [0.717, 1.165) is 5.75 Å². The molecule has 0 amide bonds. The standard InChI is InChI=1S/C7H14O2S/c1-5(2)4-10-6(3)7(8)9/h5-6H,4H2,1-3H3,(H,8,9). The van der Waals surface area contributed by atoms with Crippen molar-refractivity contribution in [3.8, 4) is 0 Å². The van der Waals surface area contributed by atoms with Crippen molar-refractivity contribution in [1.82, 2.24) is 0 Å². The highest BCUT2D eigenvalue weighted by atomic mass is 32.2. The van der Waals surface area contributed by atoms with Crippen LogP contribution in [0.2, 0.25) is 0 Å². The number of carboxylic acid groups (broad SMARTS) is 1. The molecule has 0 bridgehead atoms. The molecule has 0 aromatic carbocycles. The molecule has 0 saturated carbocycles. The molecule has 0 heterocycles. The van der Waals surface area contributed by atoms with E-state index in [2.05, 4.69) is 13.8 Å². The molecule has 0 aliphatic rings. The van der Waals surface area contributed by atoms with Gasteiger partial charge in [0.05, 0.1) is 5.25 Å². The Hall–Kier alpha value is -0.180. The van der Waals surface area contributed by atoms with Gasteiger partial charge in [-0.15, -0.1) is 11.8 Å². The molecule has 0 aromatic rings. The zero-order valence-electron chi connectivity index (χ0n) is 6.63. The first-order chi connectivity index (χ1) is 4.54. The van der Waals surface area contributed by atoms with Crippen LogP contribution in [0.1, 0.15) is 20.8 Å². The van der Waals surface area contributed by atoms with Gasteiger partial charge in [-0.2, -0.15) is 0 Å². The van der Waals surface area contributed by atoms with Crippen molar-refractivity contribution >= 4 is 17.7 Å². The molecule has 60 valence electrons. The van der Waals surface area contributed by atoms with E-state index in [0.29, 0.717) is 5.92 Å². The molecular weight excluding hydrogens is 148 g/mol. The Morgan fingerprint density at radius 2 is 2.00 bits per heavy atom. The fourth-order valence-corrected chi connectivity index (χ4v) is 1.22. The van der Waals surface area contributed by atoms with E-state index in [-0.39, 0.29) is 5.25 Å². The Bertz CT molecular complexity index is 112. The Labute approximate surface area is 66.0 Å². The van der Waals surface area contributed by atoms with E-state index in [1.165, 1.54) is 11.8 Å². The zero-order valence-corrected chi connectivity index (χ0v) is 7.44. The highest BCUT2D eigenvalue weighted by Crippen LogP contribution is 2.13. The van der Waals surface area contributed by atoms with Crippen molar-refractivity contribution in [1.29, 1.82) is 0 Å². The molecule has 2 nitrogen and oxygen atoms in total. The Morgan fingerprint density at radius 3 is 2.30 bits per heavy atom. The third-order valence-electron chi connectivity index (χ3n) is 1.03. The number of hydrogen-bond acceptors (Lipinski definition) is 2. The lowest BCUT2D eigenvalue weighted by Crippen LogP contribution is -2.13. The summed E-state index contributed by atoms with van der Waals surface area (Å²) in [5.74, 6) is 0.783. The van der Waals surface area contributed by atoms with Gasteiger partial charge >= 0.3 is 5.97 Å². The molecule has 0 spiro atoms. The van der Waals surface area contributed by atoms with Crippen LogP contribution in [0.4, 0.5) is 0 Å². The largest absolute Gasteiger partial charge is 0.480 e. The van der Waals surface area contributed by atoms with Crippen LogP contribution in [0.15, 0.2) is 0 Å². The minimum Gasteiger partial charge on any atom is -0.480 e. The van der Waals surface area contributed by atoms with Gasteiger partial charge in [0.25, 0.3) is 0 Å². The molecule has 1 unspecified atom stereocenters. The fraction of sp³-hybridized carbons (Fsp3) is 0.857. The maximum atomic E-state index is 10.3. The average Bonchev–Trinajstić information content (AvgIpc) is 1.82. The highest BCUT2D eigenvalue weighted by molar-refractivity contribution is 8.00. The molecule has 3 heteroatoms. The number of carboxylic acids is 1. The van der Waals surface area contributed by atoms with Gasteiger partial charge in [0, 0.05) is 0 Å². The van der Waals surface area contributed by atoms with E-state index in [4.69, 9.17) is 5.11 Å². The van der Waals surface area contributed by atoms with Crippen molar-refractivity contribution < 1.29 is 9.90 Å². The third kappa shape index (κ3) is 4.68. The van der Waals surface area contributed by atoms with Crippen LogP contribution < -0.4 is 0 Å². The summed E-state index contributed by atoms with van der Waals surface area (Å²) >= 11 is 1.49. The number of rotatable bonds is 4. The average molecular weight is 162 g/mol. The van der Waals surface area contributed by atoms with Gasteiger partial charge < -0.3 is 5.11 Å². The Morgan fingerprint density at radius 1 is 1.50 bits per heavy atom. The van der Waals surface area contributed by atoms with E-state index in [9.17, 15) is 4.79 Å². The monoisotopic (exact) mass is 162 g/mol. The number of carbonyl (C=O) groups is 1. The molecule has 0 rings (SSSR count). The van der Waals surface area contributed by atoms with Gasteiger partial charge in [0.1, 0.15) is 0 Å². The summed E-state index contributed by atoms with van der Waals surface area (Å²) in [6.07, 6.45) is 0. The van der Waals surface area contributed by atoms with Crippen molar-refractivity contribution in [2.24, 2.45) is 5.92 Å². The minimum atomic E-state index is -0.717. The van der Waals surface area contributed by atoms with Gasteiger partial charge in [-0.1, -0.05) is 13.8 Å². The van der Waals surface area contributed by atoms with Crippen LogP contribution in [0, 0.1) is 5.92 Å². The van der Waals surface area contributed by atoms with Crippen LogP contribution in [0.5, 0.6) is 0 Å². The smallest absolute Gasteiger partial charge is 0.316 e. The molecule has 0 radical (unpaired) electrons. The second kappa shape index (κ2) is 4.61. The first kappa shape index (κ1) is 9.82. The van der Waals surface area contributed by atoms with Crippen LogP contribution in [0.3, 0.4) is 0 Å². The van der Waals surface area contributed by atoms with Gasteiger partial charge in [-0.3, -0.25) is 4.79 Å². The lowest BCUT2D eigenvalue weighted by atomic mass is 10.3. The first-order valence-electron chi connectivity index (χ1n) is 3.38. The first-order valence-corrected chi connectivity index (χ1v) is 4.43. The van der Waals surface area contributed by atoms with Crippen LogP contribution >= 0.6 is 11.8 Å². The van der Waals surface area contributed by atoms with Crippen LogP contribution in [0.25, 0.3) is 0 Å². The molecular formula is C7H14O2S. The quantitative estimate of drug-likeness (QED) is 0.685.